The SMILES string of the molecule is C=CCOc1ccc(C[NH+](C)CC(=O)N[C@@H]2CCCC[C@H]2C)cc1. The van der Waals surface area contributed by atoms with E-state index in [2.05, 4.69) is 38.0 Å². The molecule has 0 spiro atoms. The summed E-state index contributed by atoms with van der Waals surface area (Å²) in [6, 6.07) is 8.41. The van der Waals surface area contributed by atoms with E-state index in [1.54, 1.807) is 6.08 Å². The second-order valence-electron chi connectivity index (χ2n) is 6.99. The Morgan fingerprint density at radius 2 is 2.04 bits per heavy atom. The first kappa shape index (κ1) is 18.5. The number of hydrogen-bond acceptors (Lipinski definition) is 2. The van der Waals surface area contributed by atoms with Crippen LogP contribution in [0.3, 0.4) is 0 Å². The third-order valence-electron chi connectivity index (χ3n) is 4.72. The summed E-state index contributed by atoms with van der Waals surface area (Å²) in [5.41, 5.74) is 1.21. The second kappa shape index (κ2) is 9.48. The van der Waals surface area contributed by atoms with E-state index in [1.807, 2.05) is 12.1 Å². The molecule has 3 atom stereocenters. The topological polar surface area (TPSA) is 42.8 Å². The Bertz CT molecular complexity index is 527. The predicted molar refractivity (Wildman–Crippen MR) is 97.2 cm³/mol. The average molecular weight is 331 g/mol. The molecule has 4 nitrogen and oxygen atoms in total. The Morgan fingerprint density at radius 1 is 1.33 bits per heavy atom. The molecule has 1 amide bonds. The lowest BCUT2D eigenvalue weighted by Crippen LogP contribution is -3.09. The molecule has 0 bridgehead atoms. The van der Waals surface area contributed by atoms with E-state index in [4.69, 9.17) is 4.74 Å². The number of hydrogen-bond donors (Lipinski definition) is 2. The smallest absolute Gasteiger partial charge is 0.275 e. The van der Waals surface area contributed by atoms with Crippen molar-refractivity contribution in [1.82, 2.24) is 5.32 Å². The van der Waals surface area contributed by atoms with Crippen LogP contribution in [0.5, 0.6) is 5.75 Å². The van der Waals surface area contributed by atoms with Gasteiger partial charge in [-0.05, 0) is 43.0 Å². The monoisotopic (exact) mass is 331 g/mol. The average Bonchev–Trinajstić information content (AvgIpc) is 2.56. The summed E-state index contributed by atoms with van der Waals surface area (Å²) in [5.74, 6) is 1.61. The van der Waals surface area contributed by atoms with Crippen molar-refractivity contribution in [2.45, 2.75) is 45.2 Å². The standard InChI is InChI=1S/C20H30N2O2/c1-4-13-24-18-11-9-17(10-12-18)14-22(3)15-20(23)21-19-8-6-5-7-16(19)2/h4,9-12,16,19H,1,5-8,13-15H2,2-3H3,(H,21,23)/p+1/t16-,19-/m1/s1. The van der Waals surface area contributed by atoms with Gasteiger partial charge in [-0.2, -0.15) is 0 Å². The number of amides is 1. The summed E-state index contributed by atoms with van der Waals surface area (Å²) in [7, 11) is 2.06. The lowest BCUT2D eigenvalue weighted by atomic mass is 9.86. The highest BCUT2D eigenvalue weighted by atomic mass is 16.5. The third kappa shape index (κ3) is 6.00. The number of nitrogens with one attached hydrogen (secondary N) is 2. The first-order chi connectivity index (χ1) is 11.6. The zero-order valence-electron chi connectivity index (χ0n) is 15.0. The van der Waals surface area contributed by atoms with Crippen LogP contribution in [0.4, 0.5) is 0 Å². The first-order valence-electron chi connectivity index (χ1n) is 9.01. The molecule has 0 saturated heterocycles. The quantitative estimate of drug-likeness (QED) is 0.715. The van der Waals surface area contributed by atoms with Crippen LogP contribution in [0.2, 0.25) is 0 Å². The van der Waals surface area contributed by atoms with Gasteiger partial charge < -0.3 is 15.0 Å². The highest BCUT2D eigenvalue weighted by molar-refractivity contribution is 5.77. The molecule has 0 heterocycles. The number of likely N-dealkylation sites (N-methyl/N-ethyl adjacent to an activating group) is 1. The fraction of sp³-hybridized carbons (Fsp3) is 0.550. The molecule has 1 aromatic rings. The molecule has 1 aliphatic carbocycles. The van der Waals surface area contributed by atoms with Crippen molar-refractivity contribution in [3.63, 3.8) is 0 Å². The van der Waals surface area contributed by atoms with Gasteiger partial charge in [0.2, 0.25) is 0 Å². The van der Waals surface area contributed by atoms with E-state index in [0.717, 1.165) is 18.7 Å². The van der Waals surface area contributed by atoms with Crippen molar-refractivity contribution in [2.75, 3.05) is 20.2 Å². The van der Waals surface area contributed by atoms with Gasteiger partial charge in [-0.1, -0.05) is 32.4 Å². The highest BCUT2D eigenvalue weighted by Gasteiger charge is 2.23. The Labute approximate surface area is 145 Å². The number of benzene rings is 1. The Hall–Kier alpha value is -1.81. The maximum Gasteiger partial charge on any atom is 0.275 e. The van der Waals surface area contributed by atoms with Gasteiger partial charge in [0, 0.05) is 11.6 Å². The lowest BCUT2D eigenvalue weighted by Gasteiger charge is -2.29. The third-order valence-corrected chi connectivity index (χ3v) is 4.72. The van der Waals surface area contributed by atoms with Gasteiger partial charge in [0.05, 0.1) is 7.05 Å². The molecule has 24 heavy (non-hydrogen) atoms. The Balaban J connectivity index is 1.76. The van der Waals surface area contributed by atoms with Crippen LogP contribution in [0, 0.1) is 5.92 Å². The first-order valence-corrected chi connectivity index (χ1v) is 9.01. The number of ether oxygens (including phenoxy) is 1. The van der Waals surface area contributed by atoms with Crippen molar-refractivity contribution in [3.05, 3.63) is 42.5 Å². The number of rotatable bonds is 8. The molecule has 1 fully saturated rings. The van der Waals surface area contributed by atoms with Gasteiger partial charge >= 0.3 is 0 Å². The molecule has 1 saturated carbocycles. The molecule has 132 valence electrons. The maximum absolute atomic E-state index is 12.3. The van der Waals surface area contributed by atoms with Crippen LogP contribution < -0.4 is 15.0 Å². The summed E-state index contributed by atoms with van der Waals surface area (Å²) < 4.78 is 5.49. The van der Waals surface area contributed by atoms with Crippen molar-refractivity contribution in [1.29, 1.82) is 0 Å². The minimum absolute atomic E-state index is 0.164. The van der Waals surface area contributed by atoms with Crippen molar-refractivity contribution in [3.8, 4) is 5.75 Å². The zero-order chi connectivity index (χ0) is 17.4. The van der Waals surface area contributed by atoms with Gasteiger partial charge in [0.15, 0.2) is 6.54 Å². The number of quaternary nitrogens is 1. The minimum Gasteiger partial charge on any atom is -0.490 e. The summed E-state index contributed by atoms with van der Waals surface area (Å²) in [4.78, 5) is 13.5. The number of carbonyl (C=O) groups excluding carboxylic acids is 1. The summed E-state index contributed by atoms with van der Waals surface area (Å²) in [5, 5.41) is 3.23. The summed E-state index contributed by atoms with van der Waals surface area (Å²) in [6.45, 7) is 7.75. The molecular formula is C20H31N2O2+. The van der Waals surface area contributed by atoms with Gasteiger partial charge in [-0.25, -0.2) is 0 Å². The molecule has 0 aromatic heterocycles. The number of carbonyl (C=O) groups is 1. The molecule has 2 N–H and O–H groups in total. The van der Waals surface area contributed by atoms with Gasteiger partial charge in [-0.3, -0.25) is 4.79 Å². The van der Waals surface area contributed by atoms with Gasteiger partial charge in [0.1, 0.15) is 18.9 Å². The van der Waals surface area contributed by atoms with Crippen LogP contribution in [0.1, 0.15) is 38.2 Å². The van der Waals surface area contributed by atoms with Crippen LogP contribution in [-0.2, 0) is 11.3 Å². The normalized spacial score (nSPS) is 21.8. The molecule has 1 unspecified atom stereocenters. The molecule has 2 rings (SSSR count). The van der Waals surface area contributed by atoms with Gasteiger partial charge in [-0.15, -0.1) is 0 Å². The minimum atomic E-state index is 0.164. The largest absolute Gasteiger partial charge is 0.490 e. The molecule has 0 radical (unpaired) electrons. The summed E-state index contributed by atoms with van der Waals surface area (Å²) >= 11 is 0. The van der Waals surface area contributed by atoms with E-state index in [0.29, 0.717) is 25.1 Å². The summed E-state index contributed by atoms with van der Waals surface area (Å²) in [6.07, 6.45) is 6.62. The van der Waals surface area contributed by atoms with Gasteiger partial charge in [0.25, 0.3) is 5.91 Å². The fourth-order valence-corrected chi connectivity index (χ4v) is 3.33. The lowest BCUT2D eigenvalue weighted by molar-refractivity contribution is -0.885. The van der Waals surface area contributed by atoms with Crippen molar-refractivity contribution in [2.24, 2.45) is 5.92 Å². The Kier molecular flexibility index (Phi) is 7.32. The van der Waals surface area contributed by atoms with E-state index in [9.17, 15) is 4.79 Å². The zero-order valence-corrected chi connectivity index (χ0v) is 15.0. The van der Waals surface area contributed by atoms with Crippen molar-refractivity contribution >= 4 is 5.91 Å². The molecular weight excluding hydrogens is 300 g/mol. The van der Waals surface area contributed by atoms with Crippen LogP contribution >= 0.6 is 0 Å². The molecule has 4 heteroatoms. The predicted octanol–water partition coefficient (Wildman–Crippen LogP) is 1.96. The second-order valence-corrected chi connectivity index (χ2v) is 6.99. The van der Waals surface area contributed by atoms with Crippen molar-refractivity contribution < 1.29 is 14.4 Å². The van der Waals surface area contributed by atoms with E-state index < -0.39 is 0 Å². The van der Waals surface area contributed by atoms with E-state index in [1.165, 1.54) is 29.7 Å². The fourth-order valence-electron chi connectivity index (χ4n) is 3.33. The molecule has 1 aliphatic rings. The van der Waals surface area contributed by atoms with E-state index >= 15 is 0 Å². The van der Waals surface area contributed by atoms with Crippen LogP contribution in [-0.4, -0.2) is 32.1 Å². The highest BCUT2D eigenvalue weighted by Crippen LogP contribution is 2.23. The Morgan fingerprint density at radius 3 is 2.71 bits per heavy atom. The molecule has 1 aromatic carbocycles. The van der Waals surface area contributed by atoms with Crippen LogP contribution in [0.25, 0.3) is 0 Å². The maximum atomic E-state index is 12.3. The molecule has 0 aliphatic heterocycles. The van der Waals surface area contributed by atoms with E-state index in [-0.39, 0.29) is 5.91 Å². The van der Waals surface area contributed by atoms with Crippen LogP contribution in [0.15, 0.2) is 36.9 Å².